The number of likely N-dealkylation sites (N-methyl/N-ethyl adjacent to an activating group) is 1. The van der Waals surface area contributed by atoms with Crippen molar-refractivity contribution in [2.24, 2.45) is 0 Å². The van der Waals surface area contributed by atoms with E-state index in [0.29, 0.717) is 5.82 Å². The maximum atomic E-state index is 5.50. The summed E-state index contributed by atoms with van der Waals surface area (Å²) in [6.45, 7) is 0.948. The minimum absolute atomic E-state index is 0.541. The van der Waals surface area contributed by atoms with E-state index in [4.69, 9.17) is 5.73 Å². The predicted octanol–water partition coefficient (Wildman–Crippen LogP) is 0.163. The molecule has 1 heterocycles. The van der Waals surface area contributed by atoms with E-state index < -0.39 is 0 Å². The summed E-state index contributed by atoms with van der Waals surface area (Å²) in [6, 6.07) is 1.69. The molecule has 2 N–H and O–H groups in total. The van der Waals surface area contributed by atoms with E-state index >= 15 is 0 Å². The lowest BCUT2D eigenvalue weighted by atomic mass is 10.4. The highest BCUT2D eigenvalue weighted by molar-refractivity contribution is 5.24. The summed E-state index contributed by atoms with van der Waals surface area (Å²) in [5, 5.41) is 0. The highest BCUT2D eigenvalue weighted by Gasteiger charge is 1.97. The molecule has 0 saturated heterocycles. The lowest BCUT2D eigenvalue weighted by Gasteiger charge is -2.07. The fourth-order valence-corrected chi connectivity index (χ4v) is 0.859. The molecule has 0 bridgehead atoms. The highest BCUT2D eigenvalue weighted by atomic mass is 15.1. The third kappa shape index (κ3) is 2.84. The number of nitrogens with two attached hydrogens (primary N) is 1. The van der Waals surface area contributed by atoms with Gasteiger partial charge in [0.15, 0.2) is 0 Å². The first-order valence-electron chi connectivity index (χ1n) is 3.90. The third-order valence-corrected chi connectivity index (χ3v) is 1.51. The van der Waals surface area contributed by atoms with Crippen molar-refractivity contribution in [3.05, 3.63) is 18.1 Å². The number of aromatic nitrogens is 2. The molecule has 0 aromatic carbocycles. The molecular weight excluding hydrogens is 152 g/mol. The quantitative estimate of drug-likeness (QED) is 0.695. The van der Waals surface area contributed by atoms with Gasteiger partial charge in [0.05, 0.1) is 0 Å². The summed E-state index contributed by atoms with van der Waals surface area (Å²) >= 11 is 0. The van der Waals surface area contributed by atoms with Crippen molar-refractivity contribution < 1.29 is 0 Å². The summed E-state index contributed by atoms with van der Waals surface area (Å²) in [5.74, 6) is 1.35. The van der Waals surface area contributed by atoms with Crippen molar-refractivity contribution >= 4 is 5.82 Å². The van der Waals surface area contributed by atoms with Crippen LogP contribution in [0.2, 0.25) is 0 Å². The average Bonchev–Trinajstić information content (AvgIpc) is 2.01. The van der Waals surface area contributed by atoms with E-state index in [2.05, 4.69) is 14.9 Å². The van der Waals surface area contributed by atoms with Crippen LogP contribution in [0.1, 0.15) is 5.82 Å². The van der Waals surface area contributed by atoms with Crippen molar-refractivity contribution in [2.45, 2.75) is 6.42 Å². The topological polar surface area (TPSA) is 55.0 Å². The Morgan fingerprint density at radius 3 is 2.83 bits per heavy atom. The zero-order valence-corrected chi connectivity index (χ0v) is 7.49. The maximum absolute atomic E-state index is 5.50. The predicted molar refractivity (Wildman–Crippen MR) is 48.7 cm³/mol. The molecule has 12 heavy (non-hydrogen) atoms. The van der Waals surface area contributed by atoms with Crippen molar-refractivity contribution in [3.8, 4) is 0 Å². The summed E-state index contributed by atoms with van der Waals surface area (Å²) in [5.41, 5.74) is 5.50. The van der Waals surface area contributed by atoms with E-state index in [1.54, 1.807) is 12.3 Å². The largest absolute Gasteiger partial charge is 0.384 e. The van der Waals surface area contributed by atoms with Crippen LogP contribution in [-0.2, 0) is 6.42 Å². The van der Waals surface area contributed by atoms with Gasteiger partial charge in [-0.15, -0.1) is 0 Å². The number of hydrogen-bond donors (Lipinski definition) is 1. The summed E-state index contributed by atoms with van der Waals surface area (Å²) in [7, 11) is 4.04. The molecule has 0 atom stereocenters. The average molecular weight is 166 g/mol. The molecule has 1 aromatic rings. The fourth-order valence-electron chi connectivity index (χ4n) is 0.859. The van der Waals surface area contributed by atoms with Crippen LogP contribution in [-0.4, -0.2) is 35.5 Å². The Balaban J connectivity index is 2.52. The van der Waals surface area contributed by atoms with Gasteiger partial charge in [0.1, 0.15) is 11.6 Å². The molecule has 0 aliphatic carbocycles. The lowest BCUT2D eigenvalue weighted by Crippen LogP contribution is -2.16. The molecule has 4 heteroatoms. The minimum atomic E-state index is 0.541. The second-order valence-corrected chi connectivity index (χ2v) is 2.95. The number of nitrogens with zero attached hydrogens (tertiary/aromatic N) is 3. The number of rotatable bonds is 3. The van der Waals surface area contributed by atoms with Gasteiger partial charge in [-0.2, -0.15) is 0 Å². The standard InChI is InChI=1S/C8H14N4/c1-12(2)6-4-8-10-5-3-7(9)11-8/h3,5H,4,6H2,1-2H3,(H2,9,10,11). The Kier molecular flexibility index (Phi) is 2.99. The molecule has 0 unspecified atom stereocenters. The van der Waals surface area contributed by atoms with Crippen LogP contribution in [0.3, 0.4) is 0 Å². The number of hydrogen-bond acceptors (Lipinski definition) is 4. The number of nitrogen functional groups attached to an aromatic ring is 1. The summed E-state index contributed by atoms with van der Waals surface area (Å²) < 4.78 is 0. The lowest BCUT2D eigenvalue weighted by molar-refractivity contribution is 0.409. The smallest absolute Gasteiger partial charge is 0.131 e. The van der Waals surface area contributed by atoms with Gasteiger partial charge in [-0.05, 0) is 20.2 Å². The van der Waals surface area contributed by atoms with Gasteiger partial charge in [0, 0.05) is 19.2 Å². The van der Waals surface area contributed by atoms with Gasteiger partial charge >= 0.3 is 0 Å². The van der Waals surface area contributed by atoms with Gasteiger partial charge in [0.25, 0.3) is 0 Å². The van der Waals surface area contributed by atoms with Crippen LogP contribution in [0.4, 0.5) is 5.82 Å². The normalized spacial score (nSPS) is 10.6. The van der Waals surface area contributed by atoms with Gasteiger partial charge in [-0.1, -0.05) is 0 Å². The zero-order chi connectivity index (χ0) is 8.97. The van der Waals surface area contributed by atoms with Crippen molar-refractivity contribution in [3.63, 3.8) is 0 Å². The van der Waals surface area contributed by atoms with E-state index in [9.17, 15) is 0 Å². The molecule has 0 saturated carbocycles. The van der Waals surface area contributed by atoms with Gasteiger partial charge in [-0.25, -0.2) is 9.97 Å². The second-order valence-electron chi connectivity index (χ2n) is 2.95. The van der Waals surface area contributed by atoms with E-state index in [1.165, 1.54) is 0 Å². The molecule has 66 valence electrons. The minimum Gasteiger partial charge on any atom is -0.384 e. The van der Waals surface area contributed by atoms with Crippen molar-refractivity contribution in [1.82, 2.24) is 14.9 Å². The maximum Gasteiger partial charge on any atom is 0.131 e. The Morgan fingerprint density at radius 2 is 2.25 bits per heavy atom. The molecule has 0 fully saturated rings. The van der Waals surface area contributed by atoms with Crippen LogP contribution in [0.15, 0.2) is 12.3 Å². The van der Waals surface area contributed by atoms with Gasteiger partial charge < -0.3 is 10.6 Å². The molecule has 0 aliphatic rings. The van der Waals surface area contributed by atoms with Gasteiger partial charge in [0.2, 0.25) is 0 Å². The molecule has 1 aromatic heterocycles. The highest BCUT2D eigenvalue weighted by Crippen LogP contribution is 1.96. The Labute approximate surface area is 72.4 Å². The Bertz CT molecular complexity index is 247. The van der Waals surface area contributed by atoms with Crippen LogP contribution < -0.4 is 5.73 Å². The molecular formula is C8H14N4. The van der Waals surface area contributed by atoms with Crippen LogP contribution in [0, 0.1) is 0 Å². The molecule has 0 amide bonds. The molecule has 0 spiro atoms. The first-order valence-corrected chi connectivity index (χ1v) is 3.90. The summed E-state index contributed by atoms with van der Waals surface area (Å²) in [4.78, 5) is 10.3. The third-order valence-electron chi connectivity index (χ3n) is 1.51. The van der Waals surface area contributed by atoms with Crippen molar-refractivity contribution in [2.75, 3.05) is 26.4 Å². The van der Waals surface area contributed by atoms with Crippen molar-refractivity contribution in [1.29, 1.82) is 0 Å². The van der Waals surface area contributed by atoms with Gasteiger partial charge in [-0.3, -0.25) is 0 Å². The fraction of sp³-hybridized carbons (Fsp3) is 0.500. The van der Waals surface area contributed by atoms with E-state index in [-0.39, 0.29) is 0 Å². The zero-order valence-electron chi connectivity index (χ0n) is 7.49. The SMILES string of the molecule is CN(C)CCc1nccc(N)n1. The first kappa shape index (κ1) is 8.93. The first-order chi connectivity index (χ1) is 5.68. The Hall–Kier alpha value is -1.16. The molecule has 1 rings (SSSR count). The Morgan fingerprint density at radius 1 is 1.50 bits per heavy atom. The van der Waals surface area contributed by atoms with E-state index in [0.717, 1.165) is 18.8 Å². The molecule has 0 radical (unpaired) electrons. The van der Waals surface area contributed by atoms with E-state index in [1.807, 2.05) is 14.1 Å². The van der Waals surface area contributed by atoms with Crippen LogP contribution >= 0.6 is 0 Å². The second kappa shape index (κ2) is 4.01. The monoisotopic (exact) mass is 166 g/mol. The number of anilines is 1. The molecule has 4 nitrogen and oxygen atoms in total. The van der Waals surface area contributed by atoms with Crippen LogP contribution in [0.5, 0.6) is 0 Å². The summed E-state index contributed by atoms with van der Waals surface area (Å²) in [6.07, 6.45) is 2.53. The molecule has 0 aliphatic heterocycles. The van der Waals surface area contributed by atoms with Crippen LogP contribution in [0.25, 0.3) is 0 Å².